The summed E-state index contributed by atoms with van der Waals surface area (Å²) in [4.78, 5) is 29.9. The van der Waals surface area contributed by atoms with Gasteiger partial charge in [-0.3, -0.25) is 14.6 Å². The fourth-order valence-electron chi connectivity index (χ4n) is 5.28. The molecule has 1 aliphatic rings. The molecule has 0 aliphatic heterocycles. The molecule has 1 aliphatic carbocycles. The van der Waals surface area contributed by atoms with Crippen molar-refractivity contribution in [2.24, 2.45) is 11.8 Å². The normalized spacial score (nSPS) is 18.0. The second-order valence-corrected chi connectivity index (χ2v) is 9.64. The number of carbonyl (C=O) groups is 2. The lowest BCUT2D eigenvalue weighted by Crippen LogP contribution is -2.33. The number of para-hydroxylation sites is 1. The van der Waals surface area contributed by atoms with Gasteiger partial charge in [-0.05, 0) is 74.4 Å². The van der Waals surface area contributed by atoms with E-state index in [0.717, 1.165) is 58.7 Å². The van der Waals surface area contributed by atoms with Crippen molar-refractivity contribution in [2.45, 2.75) is 39.2 Å². The summed E-state index contributed by atoms with van der Waals surface area (Å²) >= 11 is 0. The molecule has 35 heavy (non-hydrogen) atoms. The first-order valence-corrected chi connectivity index (χ1v) is 12.3. The average Bonchev–Trinajstić information content (AvgIpc) is 3.28. The van der Waals surface area contributed by atoms with E-state index in [2.05, 4.69) is 34.1 Å². The summed E-state index contributed by atoms with van der Waals surface area (Å²) in [5.41, 5.74) is 4.60. The minimum Gasteiger partial charge on any atom is -0.469 e. The molecule has 0 radical (unpaired) electrons. The van der Waals surface area contributed by atoms with Crippen LogP contribution in [0.25, 0.3) is 21.8 Å². The van der Waals surface area contributed by atoms with E-state index >= 15 is 0 Å². The van der Waals surface area contributed by atoms with Crippen molar-refractivity contribution >= 4 is 33.7 Å². The summed E-state index contributed by atoms with van der Waals surface area (Å²) in [6, 6.07) is 18.4. The van der Waals surface area contributed by atoms with E-state index in [1.165, 1.54) is 7.11 Å². The van der Waals surface area contributed by atoms with Gasteiger partial charge >= 0.3 is 5.97 Å². The number of carbonyl (C=O) groups excluding carboxylic acids is 2. The number of fused-ring (bicyclic) bond motifs is 2. The van der Waals surface area contributed by atoms with Crippen LogP contribution in [0.5, 0.6) is 0 Å². The summed E-state index contributed by atoms with van der Waals surface area (Å²) in [7, 11) is 1.45. The molecule has 2 heterocycles. The van der Waals surface area contributed by atoms with E-state index in [4.69, 9.17) is 9.72 Å². The molecule has 5 rings (SSSR count). The molecule has 0 saturated heterocycles. The number of methoxy groups -OCH3 is 1. The standard InChI is InChI=1S/C29H31N3O3/c1-19-15-23-13-14-32(18-24-12-11-21-5-3-4-6-26(21)31-24)27(23)25(16-19)28(33)30-17-20-7-9-22(10-8-20)29(34)35-2/h3-6,11-16,20,22H,7-10,17-18H2,1-2H3,(H,30,33)/t20-,22-. The van der Waals surface area contributed by atoms with Crippen LogP contribution in [0, 0.1) is 18.8 Å². The first-order chi connectivity index (χ1) is 17.0. The minimum atomic E-state index is -0.115. The molecule has 1 amide bonds. The Kier molecular flexibility index (Phi) is 6.53. The van der Waals surface area contributed by atoms with Crippen LogP contribution in [0.3, 0.4) is 0 Å². The number of nitrogens with one attached hydrogen (secondary N) is 1. The van der Waals surface area contributed by atoms with Crippen molar-refractivity contribution in [2.75, 3.05) is 13.7 Å². The molecule has 6 heteroatoms. The molecule has 6 nitrogen and oxygen atoms in total. The molecule has 4 aromatic rings. The lowest BCUT2D eigenvalue weighted by molar-refractivity contribution is -0.146. The van der Waals surface area contributed by atoms with Crippen LogP contribution >= 0.6 is 0 Å². The topological polar surface area (TPSA) is 73.2 Å². The fraction of sp³-hybridized carbons (Fsp3) is 0.345. The van der Waals surface area contributed by atoms with Gasteiger partial charge in [-0.25, -0.2) is 0 Å². The largest absolute Gasteiger partial charge is 0.469 e. The highest BCUT2D eigenvalue weighted by atomic mass is 16.5. The SMILES string of the molecule is COC(=O)[C@H]1CC[C@H](CNC(=O)c2cc(C)cc3ccn(Cc4ccc5ccccc5n4)c23)CC1. The second kappa shape index (κ2) is 9.90. The number of aromatic nitrogens is 2. The average molecular weight is 470 g/mol. The highest BCUT2D eigenvalue weighted by Crippen LogP contribution is 2.29. The Morgan fingerprint density at radius 3 is 2.63 bits per heavy atom. The van der Waals surface area contributed by atoms with Gasteiger partial charge in [0.1, 0.15) is 0 Å². The van der Waals surface area contributed by atoms with Crippen LogP contribution in [-0.4, -0.2) is 35.1 Å². The quantitative estimate of drug-likeness (QED) is 0.391. The summed E-state index contributed by atoms with van der Waals surface area (Å²) < 4.78 is 7.00. The number of amides is 1. The van der Waals surface area contributed by atoms with Crippen LogP contribution in [0.15, 0.2) is 60.8 Å². The predicted octanol–water partition coefficient (Wildman–Crippen LogP) is 5.26. The van der Waals surface area contributed by atoms with Gasteiger partial charge in [0.25, 0.3) is 5.91 Å². The number of rotatable bonds is 6. The molecular formula is C29H31N3O3. The van der Waals surface area contributed by atoms with Crippen molar-refractivity contribution in [3.63, 3.8) is 0 Å². The van der Waals surface area contributed by atoms with Gasteiger partial charge in [0, 0.05) is 23.5 Å². The number of esters is 1. The Labute approximate surface area is 205 Å². The number of hydrogen-bond donors (Lipinski definition) is 1. The van der Waals surface area contributed by atoms with Crippen LogP contribution in [0.1, 0.15) is 47.3 Å². The first-order valence-electron chi connectivity index (χ1n) is 12.3. The molecule has 1 fully saturated rings. The molecule has 2 aromatic carbocycles. The Morgan fingerprint density at radius 1 is 1.03 bits per heavy atom. The van der Waals surface area contributed by atoms with E-state index in [1.54, 1.807) is 0 Å². The third kappa shape index (κ3) is 4.92. The smallest absolute Gasteiger partial charge is 0.308 e. The lowest BCUT2D eigenvalue weighted by Gasteiger charge is -2.27. The third-order valence-corrected chi connectivity index (χ3v) is 7.17. The molecule has 1 saturated carbocycles. The molecule has 0 bridgehead atoms. The number of hydrogen-bond acceptors (Lipinski definition) is 4. The number of benzene rings is 2. The van der Waals surface area contributed by atoms with Gasteiger partial charge in [0.15, 0.2) is 0 Å². The zero-order chi connectivity index (χ0) is 24.4. The monoisotopic (exact) mass is 469 g/mol. The molecule has 0 spiro atoms. The van der Waals surface area contributed by atoms with E-state index < -0.39 is 0 Å². The van der Waals surface area contributed by atoms with Gasteiger partial charge < -0.3 is 14.6 Å². The summed E-state index contributed by atoms with van der Waals surface area (Å²) in [6.07, 6.45) is 5.53. The summed E-state index contributed by atoms with van der Waals surface area (Å²) in [5.74, 6) is 0.209. The highest BCUT2D eigenvalue weighted by molar-refractivity contribution is 6.06. The molecular weight excluding hydrogens is 438 g/mol. The van der Waals surface area contributed by atoms with E-state index in [9.17, 15) is 9.59 Å². The number of pyridine rings is 1. The van der Waals surface area contributed by atoms with E-state index in [0.29, 0.717) is 24.6 Å². The van der Waals surface area contributed by atoms with E-state index in [1.807, 2.05) is 43.5 Å². The summed E-state index contributed by atoms with van der Waals surface area (Å²) in [6.45, 7) is 3.23. The van der Waals surface area contributed by atoms with Crippen LogP contribution in [0.4, 0.5) is 0 Å². The zero-order valence-corrected chi connectivity index (χ0v) is 20.3. The lowest BCUT2D eigenvalue weighted by atomic mass is 9.82. The van der Waals surface area contributed by atoms with Crippen LogP contribution in [-0.2, 0) is 16.1 Å². The predicted molar refractivity (Wildman–Crippen MR) is 137 cm³/mol. The number of aryl methyl sites for hydroxylation is 1. The zero-order valence-electron chi connectivity index (χ0n) is 20.3. The maximum atomic E-state index is 13.3. The number of ether oxygens (including phenoxy) is 1. The Morgan fingerprint density at radius 2 is 1.83 bits per heavy atom. The van der Waals surface area contributed by atoms with Gasteiger partial charge in [-0.1, -0.05) is 24.3 Å². The Hall–Kier alpha value is -3.67. The van der Waals surface area contributed by atoms with Crippen molar-refractivity contribution in [1.82, 2.24) is 14.9 Å². The first kappa shape index (κ1) is 23.1. The molecule has 0 unspecified atom stereocenters. The maximum absolute atomic E-state index is 13.3. The number of nitrogens with zero attached hydrogens (tertiary/aromatic N) is 2. The minimum absolute atomic E-state index is 0.00431. The molecule has 0 atom stereocenters. The van der Waals surface area contributed by atoms with Gasteiger partial charge in [-0.2, -0.15) is 0 Å². The van der Waals surface area contributed by atoms with Crippen LogP contribution < -0.4 is 5.32 Å². The van der Waals surface area contributed by atoms with Crippen LogP contribution in [0.2, 0.25) is 0 Å². The Balaban J connectivity index is 1.33. The molecule has 1 N–H and O–H groups in total. The van der Waals surface area contributed by atoms with Crippen molar-refractivity contribution < 1.29 is 14.3 Å². The Bertz CT molecular complexity index is 1380. The van der Waals surface area contributed by atoms with Crippen molar-refractivity contribution in [3.8, 4) is 0 Å². The van der Waals surface area contributed by atoms with Crippen molar-refractivity contribution in [3.05, 3.63) is 77.6 Å². The summed E-state index contributed by atoms with van der Waals surface area (Å²) in [5, 5.41) is 5.33. The molecule has 180 valence electrons. The van der Waals surface area contributed by atoms with Gasteiger partial charge in [0.05, 0.1) is 41.9 Å². The van der Waals surface area contributed by atoms with Gasteiger partial charge in [-0.15, -0.1) is 0 Å². The maximum Gasteiger partial charge on any atom is 0.308 e. The fourth-order valence-corrected chi connectivity index (χ4v) is 5.28. The highest BCUT2D eigenvalue weighted by Gasteiger charge is 2.27. The van der Waals surface area contributed by atoms with Gasteiger partial charge in [0.2, 0.25) is 0 Å². The third-order valence-electron chi connectivity index (χ3n) is 7.17. The second-order valence-electron chi connectivity index (χ2n) is 9.64. The molecule has 2 aromatic heterocycles. The van der Waals surface area contributed by atoms with E-state index in [-0.39, 0.29) is 17.8 Å². The van der Waals surface area contributed by atoms with Crippen molar-refractivity contribution in [1.29, 1.82) is 0 Å².